The minimum atomic E-state index is -1.03. The number of nitrogens with one attached hydrogen (secondary N) is 1. The molecule has 1 aliphatic rings. The molecule has 1 aromatic rings. The summed E-state index contributed by atoms with van der Waals surface area (Å²) >= 11 is 1.52. The molecule has 2 rings (SSSR count). The first-order valence-corrected chi connectivity index (χ1v) is 9.09. The summed E-state index contributed by atoms with van der Waals surface area (Å²) in [6.07, 6.45) is 0.672. The van der Waals surface area contributed by atoms with E-state index in [0.717, 1.165) is 4.88 Å². The summed E-state index contributed by atoms with van der Waals surface area (Å²) < 4.78 is 11.3. The molecule has 0 aromatic carbocycles. The SMILES string of the molecule is CCS(=O)CCNC(=O)N1CCc2sccc2C1C(=O)O. The molecule has 6 nitrogen and oxygen atoms in total. The fourth-order valence-corrected chi connectivity index (χ4v) is 3.84. The number of carbonyl (C=O) groups excluding carboxylic acids is 1. The van der Waals surface area contributed by atoms with Gasteiger partial charge in [0.25, 0.3) is 0 Å². The van der Waals surface area contributed by atoms with Gasteiger partial charge in [-0.25, -0.2) is 9.59 Å². The molecular formula is C13H18N2O4S2. The zero-order valence-electron chi connectivity index (χ0n) is 11.7. The van der Waals surface area contributed by atoms with Crippen LogP contribution in [0.25, 0.3) is 0 Å². The molecule has 0 bridgehead atoms. The Morgan fingerprint density at radius 2 is 2.33 bits per heavy atom. The van der Waals surface area contributed by atoms with E-state index in [0.29, 0.717) is 36.6 Å². The van der Waals surface area contributed by atoms with Gasteiger partial charge in [0.1, 0.15) is 0 Å². The second-order valence-corrected chi connectivity index (χ2v) is 7.51. The Morgan fingerprint density at radius 3 is 3.00 bits per heavy atom. The minimum absolute atomic E-state index is 0.290. The molecule has 21 heavy (non-hydrogen) atoms. The maximum absolute atomic E-state index is 12.2. The number of hydrogen-bond acceptors (Lipinski definition) is 4. The average Bonchev–Trinajstić information content (AvgIpc) is 2.93. The van der Waals surface area contributed by atoms with Gasteiger partial charge in [-0.15, -0.1) is 11.3 Å². The van der Waals surface area contributed by atoms with E-state index in [1.54, 1.807) is 6.07 Å². The smallest absolute Gasteiger partial charge is 0.331 e. The monoisotopic (exact) mass is 330 g/mol. The van der Waals surface area contributed by atoms with Gasteiger partial charge in [0.15, 0.2) is 6.04 Å². The van der Waals surface area contributed by atoms with E-state index >= 15 is 0 Å². The first-order valence-electron chi connectivity index (χ1n) is 6.73. The van der Waals surface area contributed by atoms with Crippen LogP contribution in [0.5, 0.6) is 0 Å². The van der Waals surface area contributed by atoms with E-state index in [1.807, 2.05) is 12.3 Å². The number of aliphatic carboxylic acids is 1. The zero-order chi connectivity index (χ0) is 15.4. The molecule has 2 N–H and O–H groups in total. The zero-order valence-corrected chi connectivity index (χ0v) is 13.3. The highest BCUT2D eigenvalue weighted by Crippen LogP contribution is 2.33. The predicted molar refractivity (Wildman–Crippen MR) is 82.1 cm³/mol. The summed E-state index contributed by atoms with van der Waals surface area (Å²) in [4.78, 5) is 26.0. The summed E-state index contributed by atoms with van der Waals surface area (Å²) in [6.45, 7) is 2.49. The Hall–Kier alpha value is -1.41. The number of amides is 2. The Balaban J connectivity index is 2.03. The number of urea groups is 1. The molecule has 0 aliphatic carbocycles. The predicted octanol–water partition coefficient (Wildman–Crippen LogP) is 1.21. The highest BCUT2D eigenvalue weighted by Gasteiger charge is 2.36. The van der Waals surface area contributed by atoms with Crippen molar-refractivity contribution in [1.29, 1.82) is 0 Å². The third kappa shape index (κ3) is 3.62. The lowest BCUT2D eigenvalue weighted by molar-refractivity contribution is -0.142. The number of carbonyl (C=O) groups is 2. The van der Waals surface area contributed by atoms with Gasteiger partial charge in [-0.2, -0.15) is 0 Å². The van der Waals surface area contributed by atoms with Gasteiger partial charge in [0.2, 0.25) is 0 Å². The van der Waals surface area contributed by atoms with Crippen molar-refractivity contribution in [2.45, 2.75) is 19.4 Å². The number of carboxylic acid groups (broad SMARTS) is 1. The lowest BCUT2D eigenvalue weighted by atomic mass is 10.0. The Kier molecular flexibility index (Phi) is 5.35. The van der Waals surface area contributed by atoms with Gasteiger partial charge in [0, 0.05) is 40.3 Å². The lowest BCUT2D eigenvalue weighted by Crippen LogP contribution is -2.48. The van der Waals surface area contributed by atoms with E-state index < -0.39 is 28.8 Å². The Labute approximate surface area is 129 Å². The van der Waals surface area contributed by atoms with E-state index in [4.69, 9.17) is 0 Å². The van der Waals surface area contributed by atoms with Gasteiger partial charge < -0.3 is 15.3 Å². The topological polar surface area (TPSA) is 86.7 Å². The molecule has 0 radical (unpaired) electrons. The lowest BCUT2D eigenvalue weighted by Gasteiger charge is -2.33. The van der Waals surface area contributed by atoms with Gasteiger partial charge >= 0.3 is 12.0 Å². The number of fused-ring (bicyclic) bond motifs is 1. The van der Waals surface area contributed by atoms with E-state index in [1.165, 1.54) is 16.2 Å². The Morgan fingerprint density at radius 1 is 1.57 bits per heavy atom. The van der Waals surface area contributed by atoms with Crippen molar-refractivity contribution in [3.05, 3.63) is 21.9 Å². The van der Waals surface area contributed by atoms with Gasteiger partial charge in [0.05, 0.1) is 0 Å². The maximum Gasteiger partial charge on any atom is 0.331 e. The van der Waals surface area contributed by atoms with Crippen LogP contribution in [0.3, 0.4) is 0 Å². The largest absolute Gasteiger partial charge is 0.479 e. The van der Waals surface area contributed by atoms with Crippen LogP contribution in [-0.4, -0.2) is 50.8 Å². The van der Waals surface area contributed by atoms with Crippen LogP contribution in [0.1, 0.15) is 23.4 Å². The second-order valence-electron chi connectivity index (χ2n) is 4.65. The summed E-state index contributed by atoms with van der Waals surface area (Å²) in [6, 6.07) is 0.425. The van der Waals surface area contributed by atoms with Crippen LogP contribution in [-0.2, 0) is 22.0 Å². The van der Waals surface area contributed by atoms with E-state index in [-0.39, 0.29) is 0 Å². The van der Waals surface area contributed by atoms with E-state index in [2.05, 4.69) is 5.32 Å². The summed E-state index contributed by atoms with van der Waals surface area (Å²) in [7, 11) is -0.944. The maximum atomic E-state index is 12.2. The minimum Gasteiger partial charge on any atom is -0.479 e. The van der Waals surface area contributed by atoms with Crippen LogP contribution in [0, 0.1) is 0 Å². The Bertz CT molecular complexity index is 558. The molecular weight excluding hydrogens is 312 g/mol. The van der Waals surface area contributed by atoms with E-state index in [9.17, 15) is 18.9 Å². The van der Waals surface area contributed by atoms with Crippen molar-refractivity contribution in [3.63, 3.8) is 0 Å². The molecule has 0 fully saturated rings. The highest BCUT2D eigenvalue weighted by atomic mass is 32.2. The van der Waals surface area contributed by atoms with Crippen molar-refractivity contribution >= 4 is 34.1 Å². The van der Waals surface area contributed by atoms with Crippen molar-refractivity contribution in [2.24, 2.45) is 0 Å². The van der Waals surface area contributed by atoms with Crippen molar-refractivity contribution in [2.75, 3.05) is 24.6 Å². The molecule has 2 heterocycles. The first-order chi connectivity index (χ1) is 10.0. The van der Waals surface area contributed by atoms with Crippen LogP contribution in [0.2, 0.25) is 0 Å². The van der Waals surface area contributed by atoms with Gasteiger partial charge in [-0.1, -0.05) is 6.92 Å². The van der Waals surface area contributed by atoms with Crippen molar-refractivity contribution in [3.8, 4) is 0 Å². The third-order valence-corrected chi connectivity index (χ3v) is 5.69. The molecule has 2 unspecified atom stereocenters. The summed E-state index contributed by atoms with van der Waals surface area (Å²) in [5.41, 5.74) is 0.700. The molecule has 0 saturated heterocycles. The van der Waals surface area contributed by atoms with Crippen LogP contribution < -0.4 is 5.32 Å². The molecule has 2 atom stereocenters. The van der Waals surface area contributed by atoms with Crippen LogP contribution >= 0.6 is 11.3 Å². The first kappa shape index (κ1) is 16.0. The number of carboxylic acids is 1. The molecule has 8 heteroatoms. The summed E-state index contributed by atoms with van der Waals surface area (Å²) in [5, 5.41) is 13.9. The number of thiophene rings is 1. The summed E-state index contributed by atoms with van der Waals surface area (Å²) in [5.74, 6) is -0.0886. The van der Waals surface area contributed by atoms with Crippen LogP contribution in [0.4, 0.5) is 4.79 Å². The quantitative estimate of drug-likeness (QED) is 0.849. The third-order valence-electron chi connectivity index (χ3n) is 3.39. The van der Waals surface area contributed by atoms with Gasteiger partial charge in [-0.3, -0.25) is 4.21 Å². The normalized spacial score (nSPS) is 18.9. The molecule has 0 spiro atoms. The fraction of sp³-hybridized carbons (Fsp3) is 0.538. The fourth-order valence-electron chi connectivity index (χ4n) is 2.32. The molecule has 0 saturated carbocycles. The molecule has 1 aromatic heterocycles. The highest BCUT2D eigenvalue weighted by molar-refractivity contribution is 7.84. The molecule has 2 amide bonds. The number of nitrogens with zero attached hydrogens (tertiary/aromatic N) is 1. The average molecular weight is 330 g/mol. The van der Waals surface area contributed by atoms with Crippen molar-refractivity contribution in [1.82, 2.24) is 10.2 Å². The van der Waals surface area contributed by atoms with Crippen LogP contribution in [0.15, 0.2) is 11.4 Å². The standard InChI is InChI=1S/C13H18N2O4S2/c1-2-21(19)8-5-14-13(18)15-6-3-10-9(4-7-20-10)11(15)12(16)17/h4,7,11H,2-3,5-6,8H2,1H3,(H,14,18)(H,16,17). The second kappa shape index (κ2) is 7.04. The number of hydrogen-bond donors (Lipinski definition) is 2. The van der Waals surface area contributed by atoms with Gasteiger partial charge in [-0.05, 0) is 23.4 Å². The molecule has 116 valence electrons. The number of rotatable bonds is 5. The molecule has 1 aliphatic heterocycles. The van der Waals surface area contributed by atoms with Crippen molar-refractivity contribution < 1.29 is 18.9 Å².